The van der Waals surface area contributed by atoms with Crippen molar-refractivity contribution in [2.75, 3.05) is 19.8 Å². The van der Waals surface area contributed by atoms with E-state index in [2.05, 4.69) is 0 Å². The Bertz CT molecular complexity index is 948. The minimum Gasteiger partial charge on any atom is -0.481 e. The molecule has 0 spiro atoms. The second kappa shape index (κ2) is 22.5. The van der Waals surface area contributed by atoms with Crippen LogP contribution in [0.1, 0.15) is 51.9 Å². The van der Waals surface area contributed by atoms with Gasteiger partial charge in [-0.1, -0.05) is 6.92 Å². The first-order valence-electron chi connectivity index (χ1n) is 12.6. The van der Waals surface area contributed by atoms with Gasteiger partial charge >= 0.3 is 53.7 Å². The highest BCUT2D eigenvalue weighted by Gasteiger charge is 2.42. The van der Waals surface area contributed by atoms with Gasteiger partial charge in [0, 0.05) is 5.41 Å². The van der Waals surface area contributed by atoms with Crippen LogP contribution < -0.4 is 0 Å². The molecule has 0 heterocycles. The first-order valence-corrected chi connectivity index (χ1v) is 12.6. The summed E-state index contributed by atoms with van der Waals surface area (Å²) < 4.78 is 0. The first kappa shape index (κ1) is 49.9. The molecule has 24 nitrogen and oxygen atoms in total. The van der Waals surface area contributed by atoms with Crippen LogP contribution in [0.25, 0.3) is 0 Å². The Kier molecular flexibility index (Phi) is 23.4. The van der Waals surface area contributed by atoms with Gasteiger partial charge in [0.05, 0.1) is 58.3 Å². The van der Waals surface area contributed by atoms with Gasteiger partial charge in [-0.05, 0) is 6.42 Å². The topological polar surface area (TPSA) is 457 Å². The Morgan fingerprint density at radius 1 is 0.375 bits per heavy atom. The van der Waals surface area contributed by atoms with Crippen molar-refractivity contribution >= 4 is 53.7 Å². The monoisotopic (exact) mass is 710 g/mol. The van der Waals surface area contributed by atoms with Crippen LogP contribution in [-0.2, 0) is 43.2 Å². The van der Waals surface area contributed by atoms with Crippen LogP contribution in [0.2, 0.25) is 0 Å². The number of carboxylic acid groups (broad SMARTS) is 9. The molecule has 0 atom stereocenters. The Labute approximate surface area is 268 Å². The van der Waals surface area contributed by atoms with Crippen molar-refractivity contribution in [3.8, 4) is 0 Å². The van der Waals surface area contributed by atoms with E-state index in [0.29, 0.717) is 6.42 Å². The van der Waals surface area contributed by atoms with E-state index in [1.54, 1.807) is 0 Å². The van der Waals surface area contributed by atoms with Crippen molar-refractivity contribution < 1.29 is 120 Å². The van der Waals surface area contributed by atoms with Gasteiger partial charge in [-0.3, -0.25) is 28.8 Å². The molecule has 15 N–H and O–H groups in total. The van der Waals surface area contributed by atoms with E-state index >= 15 is 0 Å². The van der Waals surface area contributed by atoms with Gasteiger partial charge < -0.3 is 76.6 Å². The zero-order chi connectivity index (χ0) is 39.3. The average Bonchev–Trinajstić information content (AvgIpc) is 2.88. The smallest absolute Gasteiger partial charge is 0.336 e. The van der Waals surface area contributed by atoms with Crippen molar-refractivity contribution in [1.29, 1.82) is 0 Å². The van der Waals surface area contributed by atoms with Gasteiger partial charge in [0.2, 0.25) is 0 Å². The molecule has 24 heteroatoms. The minimum atomic E-state index is -2.74. The molecule has 0 aliphatic carbocycles. The summed E-state index contributed by atoms with van der Waals surface area (Å²) in [4.78, 5) is 91.5. The van der Waals surface area contributed by atoms with Crippen LogP contribution in [-0.4, -0.2) is 167 Å². The summed E-state index contributed by atoms with van der Waals surface area (Å²) in [7, 11) is 0. The number of aliphatic hydroxyl groups excluding tert-OH is 3. The van der Waals surface area contributed by atoms with Crippen LogP contribution in [0, 0.1) is 5.41 Å². The highest BCUT2D eigenvalue weighted by atomic mass is 16.4. The molecule has 48 heavy (non-hydrogen) atoms. The van der Waals surface area contributed by atoms with Crippen LogP contribution in [0.5, 0.6) is 0 Å². The van der Waals surface area contributed by atoms with Crippen LogP contribution in [0.15, 0.2) is 0 Å². The molecule has 0 aliphatic heterocycles. The van der Waals surface area contributed by atoms with Crippen molar-refractivity contribution in [3.63, 3.8) is 0 Å². The quantitative estimate of drug-likeness (QED) is 0.0601. The Morgan fingerprint density at radius 2 is 0.521 bits per heavy atom. The molecular weight excluding hydrogens is 672 g/mol. The summed E-state index contributed by atoms with van der Waals surface area (Å²) in [6, 6.07) is 0. The molecule has 0 saturated carbocycles. The third-order valence-corrected chi connectivity index (χ3v) is 5.61. The number of aliphatic hydroxyl groups is 6. The summed E-state index contributed by atoms with van der Waals surface area (Å²) >= 11 is 0. The lowest BCUT2D eigenvalue weighted by molar-refractivity contribution is -0.170. The van der Waals surface area contributed by atoms with Crippen molar-refractivity contribution in [1.82, 2.24) is 0 Å². The van der Waals surface area contributed by atoms with E-state index < -0.39 is 114 Å². The summed E-state index contributed by atoms with van der Waals surface area (Å²) in [6.07, 6.45) is -6.27. The summed E-state index contributed by atoms with van der Waals surface area (Å²) in [5.74, 6) is -15.1. The molecule has 0 amide bonds. The highest BCUT2D eigenvalue weighted by molar-refractivity contribution is 5.89. The van der Waals surface area contributed by atoms with Crippen LogP contribution >= 0.6 is 0 Å². The molecule has 0 fully saturated rings. The lowest BCUT2D eigenvalue weighted by atomic mass is 9.88. The van der Waals surface area contributed by atoms with E-state index in [4.69, 9.17) is 76.6 Å². The number of hydrogen-bond donors (Lipinski definition) is 15. The second-order valence-electron chi connectivity index (χ2n) is 9.76. The number of aliphatic carboxylic acids is 9. The maximum atomic E-state index is 10.3. The van der Waals surface area contributed by atoms with Gasteiger partial charge in [-0.25, -0.2) is 14.4 Å². The zero-order valence-electron chi connectivity index (χ0n) is 25.0. The Morgan fingerprint density at radius 3 is 0.562 bits per heavy atom. The van der Waals surface area contributed by atoms with E-state index in [1.165, 1.54) is 0 Å². The van der Waals surface area contributed by atoms with Gasteiger partial charge in [-0.2, -0.15) is 0 Å². The molecule has 0 aromatic heterocycles. The molecule has 0 aromatic rings. The summed E-state index contributed by atoms with van der Waals surface area (Å²) in [5, 5.41) is 127. The molecule has 0 rings (SSSR count). The fraction of sp³-hybridized carbons (Fsp3) is 0.625. The van der Waals surface area contributed by atoms with E-state index in [0.717, 1.165) is 0 Å². The van der Waals surface area contributed by atoms with E-state index in [9.17, 15) is 43.2 Å². The molecule has 0 aromatic carbocycles. The predicted molar refractivity (Wildman–Crippen MR) is 145 cm³/mol. The van der Waals surface area contributed by atoms with Crippen LogP contribution in [0.4, 0.5) is 0 Å². The predicted octanol–water partition coefficient (Wildman–Crippen LogP) is -4.39. The van der Waals surface area contributed by atoms with Crippen molar-refractivity contribution in [2.24, 2.45) is 5.41 Å². The second-order valence-corrected chi connectivity index (χ2v) is 9.76. The third kappa shape index (κ3) is 21.7. The van der Waals surface area contributed by atoms with Crippen LogP contribution in [0.3, 0.4) is 0 Å². The number of carboxylic acids is 9. The normalized spacial score (nSPS) is 11.1. The van der Waals surface area contributed by atoms with Gasteiger partial charge in [0.15, 0.2) is 16.8 Å². The maximum absolute atomic E-state index is 10.3. The third-order valence-electron chi connectivity index (χ3n) is 5.61. The molecule has 0 saturated heterocycles. The minimum absolute atomic E-state index is 0.156. The molecular formula is C24H38O24. The van der Waals surface area contributed by atoms with Crippen molar-refractivity contribution in [2.45, 2.75) is 68.7 Å². The molecule has 0 bridgehead atoms. The molecule has 278 valence electrons. The van der Waals surface area contributed by atoms with Gasteiger partial charge in [0.25, 0.3) is 0 Å². The molecule has 0 unspecified atom stereocenters. The Balaban J connectivity index is -0.000000271. The Hall–Kier alpha value is -5.01. The SMILES string of the molecule is CCC(CO)(CO)CO.O=C(O)CC(O)(CC(=O)O)C(=O)O.O=C(O)CC(O)(CC(=O)O)C(=O)O.O=C(O)CC(O)(CC(=O)O)C(=O)O. The van der Waals surface area contributed by atoms with Gasteiger partial charge in [-0.15, -0.1) is 0 Å². The summed E-state index contributed by atoms with van der Waals surface area (Å²) in [6.45, 7) is 1.35. The largest absolute Gasteiger partial charge is 0.481 e. The molecule has 0 radical (unpaired) electrons. The van der Waals surface area contributed by atoms with E-state index in [1.807, 2.05) is 6.92 Å². The number of hydrogen-bond acceptors (Lipinski definition) is 15. The summed E-state index contributed by atoms with van der Waals surface area (Å²) in [5.41, 5.74) is -8.88. The number of rotatable bonds is 19. The van der Waals surface area contributed by atoms with Crippen molar-refractivity contribution in [3.05, 3.63) is 0 Å². The average molecular weight is 711 g/mol. The lowest BCUT2D eigenvalue weighted by Crippen LogP contribution is -2.42. The standard InChI is InChI=1S/3C6H8O7.C6H14O3/c3*7-3(8)1-6(13,5(11)12)2-4(9)10;1-2-6(3-7,4-8)5-9/h3*13H,1-2H2,(H,7,8)(H,9,10)(H,11,12);7-9H,2-5H2,1H3. The lowest BCUT2D eigenvalue weighted by Gasteiger charge is -2.24. The fourth-order valence-electron chi connectivity index (χ4n) is 2.63. The number of carbonyl (C=O) groups is 9. The van der Waals surface area contributed by atoms with E-state index in [-0.39, 0.29) is 19.8 Å². The first-order chi connectivity index (χ1) is 21.6. The van der Waals surface area contributed by atoms with Gasteiger partial charge in [0.1, 0.15) is 0 Å². The highest BCUT2D eigenvalue weighted by Crippen LogP contribution is 2.19. The molecule has 0 aliphatic rings. The fourth-order valence-corrected chi connectivity index (χ4v) is 2.63. The maximum Gasteiger partial charge on any atom is 0.336 e. The zero-order valence-corrected chi connectivity index (χ0v) is 25.0.